The lowest BCUT2D eigenvalue weighted by Crippen LogP contribution is -1.97. The zero-order chi connectivity index (χ0) is 19.1. The van der Waals surface area contributed by atoms with Crippen LogP contribution in [0, 0.1) is 0 Å². The Bertz CT molecular complexity index is 305. The SMILES string of the molecule is CCC=CCCCCCCC(=O)CCCCCCCCCCCCCC. The van der Waals surface area contributed by atoms with Gasteiger partial charge in [-0.05, 0) is 32.1 Å². The van der Waals surface area contributed by atoms with Gasteiger partial charge in [0.2, 0.25) is 0 Å². The molecule has 0 aliphatic carbocycles. The molecule has 0 heterocycles. The Kier molecular flexibility index (Phi) is 21.9. The van der Waals surface area contributed by atoms with Crippen LogP contribution < -0.4 is 0 Å². The van der Waals surface area contributed by atoms with E-state index in [4.69, 9.17) is 0 Å². The molecule has 0 saturated heterocycles. The molecule has 1 heteroatoms. The fourth-order valence-corrected chi connectivity index (χ4v) is 3.51. The average Bonchev–Trinajstić information content (AvgIpc) is 2.65. The largest absolute Gasteiger partial charge is 0.300 e. The summed E-state index contributed by atoms with van der Waals surface area (Å²) in [5, 5.41) is 0. The fourth-order valence-electron chi connectivity index (χ4n) is 3.51. The molecule has 0 unspecified atom stereocenters. The van der Waals surface area contributed by atoms with Crippen LogP contribution in [-0.4, -0.2) is 5.78 Å². The van der Waals surface area contributed by atoms with E-state index in [-0.39, 0.29) is 0 Å². The lowest BCUT2D eigenvalue weighted by Gasteiger charge is -2.03. The third kappa shape index (κ3) is 21.5. The summed E-state index contributed by atoms with van der Waals surface area (Å²) in [5.41, 5.74) is 0. The number of hydrogen-bond donors (Lipinski definition) is 0. The topological polar surface area (TPSA) is 17.1 Å². The highest BCUT2D eigenvalue weighted by atomic mass is 16.1. The van der Waals surface area contributed by atoms with Crippen LogP contribution in [0.1, 0.15) is 142 Å². The van der Waals surface area contributed by atoms with E-state index in [2.05, 4.69) is 26.0 Å². The van der Waals surface area contributed by atoms with Crippen molar-refractivity contribution in [3.05, 3.63) is 12.2 Å². The Morgan fingerprint density at radius 1 is 0.538 bits per heavy atom. The van der Waals surface area contributed by atoms with Crippen molar-refractivity contribution in [2.45, 2.75) is 142 Å². The summed E-state index contributed by atoms with van der Waals surface area (Å²) in [6.07, 6.45) is 29.8. The Balaban J connectivity index is 3.16. The molecule has 0 fully saturated rings. The van der Waals surface area contributed by atoms with Gasteiger partial charge in [0.25, 0.3) is 0 Å². The van der Waals surface area contributed by atoms with E-state index in [1.807, 2.05) is 0 Å². The van der Waals surface area contributed by atoms with Crippen molar-refractivity contribution in [2.24, 2.45) is 0 Å². The molecule has 154 valence electrons. The molecule has 0 aliphatic rings. The smallest absolute Gasteiger partial charge is 0.132 e. The van der Waals surface area contributed by atoms with Gasteiger partial charge in [-0.2, -0.15) is 0 Å². The summed E-state index contributed by atoms with van der Waals surface area (Å²) in [4.78, 5) is 11.9. The third-order valence-corrected chi connectivity index (χ3v) is 5.29. The van der Waals surface area contributed by atoms with Crippen molar-refractivity contribution in [1.82, 2.24) is 0 Å². The molecule has 0 aromatic rings. The molecule has 0 saturated carbocycles. The second-order valence-electron chi connectivity index (χ2n) is 8.01. The predicted octanol–water partition coefficient (Wildman–Crippen LogP) is 8.95. The van der Waals surface area contributed by atoms with Gasteiger partial charge < -0.3 is 0 Å². The van der Waals surface area contributed by atoms with E-state index in [0.717, 1.165) is 32.1 Å². The molecule has 0 aliphatic heterocycles. The summed E-state index contributed by atoms with van der Waals surface area (Å²) in [6.45, 7) is 4.46. The minimum absolute atomic E-state index is 0.503. The number of allylic oxidation sites excluding steroid dienone is 2. The summed E-state index contributed by atoms with van der Waals surface area (Å²) in [6, 6.07) is 0. The van der Waals surface area contributed by atoms with Crippen LogP contribution in [0.5, 0.6) is 0 Å². The number of rotatable bonds is 21. The monoisotopic (exact) mass is 364 g/mol. The maximum atomic E-state index is 11.9. The molecule has 0 spiro atoms. The van der Waals surface area contributed by atoms with Gasteiger partial charge in [0.1, 0.15) is 5.78 Å². The van der Waals surface area contributed by atoms with Crippen molar-refractivity contribution >= 4 is 5.78 Å². The highest BCUT2D eigenvalue weighted by Gasteiger charge is 2.01. The fraction of sp³-hybridized carbons (Fsp3) is 0.880. The van der Waals surface area contributed by atoms with Gasteiger partial charge in [0.15, 0.2) is 0 Å². The number of carbonyl (C=O) groups is 1. The standard InChI is InChI=1S/C25H48O/c1-3-5-7-9-11-13-14-15-16-18-20-22-24-25(26)23-21-19-17-12-10-8-6-4-2/h6,8H,3-5,7,9-24H2,1-2H3. The molecule has 0 radical (unpaired) electrons. The summed E-state index contributed by atoms with van der Waals surface area (Å²) in [5.74, 6) is 0.503. The molecule has 0 bridgehead atoms. The Morgan fingerprint density at radius 3 is 1.42 bits per heavy atom. The Labute approximate surface area is 165 Å². The second kappa shape index (κ2) is 22.5. The maximum Gasteiger partial charge on any atom is 0.132 e. The quantitative estimate of drug-likeness (QED) is 0.147. The van der Waals surface area contributed by atoms with Crippen molar-refractivity contribution in [1.29, 1.82) is 0 Å². The van der Waals surface area contributed by atoms with Crippen LogP contribution in [0.2, 0.25) is 0 Å². The van der Waals surface area contributed by atoms with Crippen LogP contribution in [0.15, 0.2) is 12.2 Å². The van der Waals surface area contributed by atoms with E-state index in [1.54, 1.807) is 0 Å². The normalized spacial score (nSPS) is 11.5. The predicted molar refractivity (Wildman–Crippen MR) is 118 cm³/mol. The lowest BCUT2D eigenvalue weighted by atomic mass is 10.0. The average molecular weight is 365 g/mol. The molecule has 0 aromatic heterocycles. The van der Waals surface area contributed by atoms with Gasteiger partial charge in [0.05, 0.1) is 0 Å². The van der Waals surface area contributed by atoms with Crippen LogP contribution in [0.4, 0.5) is 0 Å². The Morgan fingerprint density at radius 2 is 0.962 bits per heavy atom. The van der Waals surface area contributed by atoms with E-state index >= 15 is 0 Å². The van der Waals surface area contributed by atoms with Crippen LogP contribution >= 0.6 is 0 Å². The summed E-state index contributed by atoms with van der Waals surface area (Å²) < 4.78 is 0. The van der Waals surface area contributed by atoms with E-state index in [1.165, 1.54) is 96.3 Å². The molecular formula is C25H48O. The second-order valence-corrected chi connectivity index (χ2v) is 8.01. The van der Waals surface area contributed by atoms with Gasteiger partial charge >= 0.3 is 0 Å². The first-order chi connectivity index (χ1) is 12.8. The highest BCUT2D eigenvalue weighted by molar-refractivity contribution is 5.78. The van der Waals surface area contributed by atoms with Gasteiger partial charge in [-0.15, -0.1) is 0 Å². The van der Waals surface area contributed by atoms with Gasteiger partial charge in [-0.25, -0.2) is 0 Å². The van der Waals surface area contributed by atoms with Gasteiger partial charge in [-0.1, -0.05) is 109 Å². The van der Waals surface area contributed by atoms with Gasteiger partial charge in [0, 0.05) is 12.8 Å². The molecule has 0 atom stereocenters. The van der Waals surface area contributed by atoms with E-state index in [0.29, 0.717) is 5.78 Å². The molecule has 1 nitrogen and oxygen atoms in total. The zero-order valence-electron chi connectivity index (χ0n) is 18.2. The van der Waals surface area contributed by atoms with Crippen molar-refractivity contribution in [3.63, 3.8) is 0 Å². The highest BCUT2D eigenvalue weighted by Crippen LogP contribution is 2.13. The summed E-state index contributed by atoms with van der Waals surface area (Å²) in [7, 11) is 0. The number of unbranched alkanes of at least 4 members (excludes halogenated alkanes) is 15. The number of carbonyl (C=O) groups excluding carboxylic acids is 1. The first kappa shape index (κ1) is 25.4. The summed E-state index contributed by atoms with van der Waals surface area (Å²) >= 11 is 0. The lowest BCUT2D eigenvalue weighted by molar-refractivity contribution is -0.119. The number of Topliss-reactive ketones (excluding diaryl/α,β-unsaturated/α-hetero) is 1. The number of hydrogen-bond acceptors (Lipinski definition) is 1. The van der Waals surface area contributed by atoms with Crippen LogP contribution in [0.25, 0.3) is 0 Å². The molecule has 0 aromatic carbocycles. The molecular weight excluding hydrogens is 316 g/mol. The molecule has 0 rings (SSSR count). The molecule has 0 N–H and O–H groups in total. The van der Waals surface area contributed by atoms with Crippen LogP contribution in [0.3, 0.4) is 0 Å². The van der Waals surface area contributed by atoms with Crippen molar-refractivity contribution in [3.8, 4) is 0 Å². The number of ketones is 1. The maximum absolute atomic E-state index is 11.9. The minimum atomic E-state index is 0.503. The molecule has 26 heavy (non-hydrogen) atoms. The molecule has 0 amide bonds. The van der Waals surface area contributed by atoms with E-state index in [9.17, 15) is 4.79 Å². The third-order valence-electron chi connectivity index (χ3n) is 5.29. The van der Waals surface area contributed by atoms with Crippen molar-refractivity contribution < 1.29 is 4.79 Å². The minimum Gasteiger partial charge on any atom is -0.300 e. The van der Waals surface area contributed by atoms with E-state index < -0.39 is 0 Å². The Hall–Kier alpha value is -0.590. The zero-order valence-corrected chi connectivity index (χ0v) is 18.2. The first-order valence-electron chi connectivity index (χ1n) is 12.0. The first-order valence-corrected chi connectivity index (χ1v) is 12.0. The van der Waals surface area contributed by atoms with Crippen LogP contribution in [-0.2, 0) is 4.79 Å². The van der Waals surface area contributed by atoms with Gasteiger partial charge in [-0.3, -0.25) is 4.79 Å². The van der Waals surface area contributed by atoms with Crippen molar-refractivity contribution in [2.75, 3.05) is 0 Å².